The van der Waals surface area contributed by atoms with Gasteiger partial charge in [-0.3, -0.25) is 9.59 Å². The zero-order chi connectivity index (χ0) is 13.1. The molecular weight excluding hydrogens is 220 g/mol. The normalized spacial score (nSPS) is 11.9. The van der Waals surface area contributed by atoms with Gasteiger partial charge in [0.05, 0.1) is 0 Å². The van der Waals surface area contributed by atoms with Crippen molar-refractivity contribution in [3.05, 3.63) is 0 Å². The second kappa shape index (κ2) is 10.1. The summed E-state index contributed by atoms with van der Waals surface area (Å²) in [5, 5.41) is 14.3. The lowest BCUT2D eigenvalue weighted by Gasteiger charge is -2.09. The Morgan fingerprint density at radius 1 is 1.18 bits per heavy atom. The van der Waals surface area contributed by atoms with Gasteiger partial charge in [-0.25, -0.2) is 0 Å². The summed E-state index contributed by atoms with van der Waals surface area (Å²) >= 11 is 0. The van der Waals surface area contributed by atoms with E-state index in [2.05, 4.69) is 10.6 Å². The largest absolute Gasteiger partial charge is 0.396 e. The van der Waals surface area contributed by atoms with Crippen molar-refractivity contribution in [3.8, 4) is 0 Å². The number of hydrogen-bond donors (Lipinski definition) is 3. The molecule has 0 aromatic heterocycles. The number of unbranched alkanes of at least 4 members (excludes halogenated alkanes) is 2. The van der Waals surface area contributed by atoms with Crippen molar-refractivity contribution in [2.45, 2.75) is 39.5 Å². The minimum absolute atomic E-state index is 0.0132. The number of carbonyl (C=O) groups is 2. The lowest BCUT2D eigenvalue weighted by molar-refractivity contribution is -0.121. The topological polar surface area (TPSA) is 78.4 Å². The SMILES string of the molecule is CC(=O)NCCCCCC(=O)NCC(C)CO. The summed E-state index contributed by atoms with van der Waals surface area (Å²) in [6.45, 7) is 4.68. The van der Waals surface area contributed by atoms with Crippen LogP contribution in [0.25, 0.3) is 0 Å². The molecule has 0 aromatic rings. The fourth-order valence-corrected chi connectivity index (χ4v) is 1.29. The fraction of sp³-hybridized carbons (Fsp3) is 0.833. The van der Waals surface area contributed by atoms with Gasteiger partial charge in [-0.2, -0.15) is 0 Å². The first-order chi connectivity index (χ1) is 8.06. The van der Waals surface area contributed by atoms with Crippen LogP contribution in [0.5, 0.6) is 0 Å². The Kier molecular flexibility index (Phi) is 9.43. The molecule has 5 heteroatoms. The molecule has 0 rings (SSSR count). The van der Waals surface area contributed by atoms with Gasteiger partial charge in [-0.15, -0.1) is 0 Å². The first-order valence-corrected chi connectivity index (χ1v) is 6.18. The standard InChI is InChI=1S/C12H24N2O3/c1-10(9-15)8-14-12(17)6-4-3-5-7-13-11(2)16/h10,15H,3-9H2,1-2H3,(H,13,16)(H,14,17). The minimum atomic E-state index is -0.0132. The van der Waals surface area contributed by atoms with Gasteiger partial charge in [0.2, 0.25) is 11.8 Å². The average Bonchev–Trinajstić information content (AvgIpc) is 2.30. The van der Waals surface area contributed by atoms with Crippen LogP contribution in [0.3, 0.4) is 0 Å². The second-order valence-corrected chi connectivity index (χ2v) is 4.39. The van der Waals surface area contributed by atoms with Crippen LogP contribution in [-0.4, -0.2) is 36.6 Å². The van der Waals surface area contributed by atoms with E-state index >= 15 is 0 Å². The molecule has 0 saturated heterocycles. The number of aliphatic hydroxyl groups is 1. The summed E-state index contributed by atoms with van der Waals surface area (Å²) < 4.78 is 0. The predicted molar refractivity (Wildman–Crippen MR) is 66.4 cm³/mol. The highest BCUT2D eigenvalue weighted by Gasteiger charge is 2.04. The molecule has 3 N–H and O–H groups in total. The van der Waals surface area contributed by atoms with Gasteiger partial charge in [0.15, 0.2) is 0 Å². The van der Waals surface area contributed by atoms with E-state index in [4.69, 9.17) is 5.11 Å². The second-order valence-electron chi connectivity index (χ2n) is 4.39. The van der Waals surface area contributed by atoms with Crippen LogP contribution in [0.1, 0.15) is 39.5 Å². The molecule has 17 heavy (non-hydrogen) atoms. The third-order valence-electron chi connectivity index (χ3n) is 2.41. The Balaban J connectivity index is 3.30. The third-order valence-corrected chi connectivity index (χ3v) is 2.41. The fourth-order valence-electron chi connectivity index (χ4n) is 1.29. The van der Waals surface area contributed by atoms with Crippen LogP contribution >= 0.6 is 0 Å². The number of aliphatic hydroxyl groups excluding tert-OH is 1. The molecule has 1 unspecified atom stereocenters. The zero-order valence-corrected chi connectivity index (χ0v) is 10.8. The van der Waals surface area contributed by atoms with E-state index in [1.54, 1.807) is 0 Å². The Labute approximate surface area is 103 Å². The van der Waals surface area contributed by atoms with Crippen molar-refractivity contribution < 1.29 is 14.7 Å². The van der Waals surface area contributed by atoms with Crippen LogP contribution in [0, 0.1) is 5.92 Å². The van der Waals surface area contributed by atoms with Gasteiger partial charge in [0.25, 0.3) is 0 Å². The van der Waals surface area contributed by atoms with Crippen molar-refractivity contribution in [2.75, 3.05) is 19.7 Å². The molecule has 0 fully saturated rings. The van der Waals surface area contributed by atoms with Gasteiger partial charge in [-0.05, 0) is 18.8 Å². The first kappa shape index (κ1) is 15.9. The third kappa shape index (κ3) is 11.2. The number of hydrogen-bond acceptors (Lipinski definition) is 3. The van der Waals surface area contributed by atoms with E-state index < -0.39 is 0 Å². The monoisotopic (exact) mass is 244 g/mol. The highest BCUT2D eigenvalue weighted by molar-refractivity contribution is 5.75. The van der Waals surface area contributed by atoms with Gasteiger partial charge in [-0.1, -0.05) is 13.3 Å². The van der Waals surface area contributed by atoms with Crippen molar-refractivity contribution in [3.63, 3.8) is 0 Å². The van der Waals surface area contributed by atoms with Crippen molar-refractivity contribution in [2.24, 2.45) is 5.92 Å². The molecule has 0 radical (unpaired) electrons. The maximum Gasteiger partial charge on any atom is 0.220 e. The van der Waals surface area contributed by atoms with Gasteiger partial charge in [0, 0.05) is 33.0 Å². The molecule has 0 aliphatic carbocycles. The molecule has 0 heterocycles. The molecule has 0 saturated carbocycles. The zero-order valence-electron chi connectivity index (χ0n) is 10.8. The van der Waals surface area contributed by atoms with Crippen LogP contribution in [0.15, 0.2) is 0 Å². The average molecular weight is 244 g/mol. The molecule has 2 amide bonds. The summed E-state index contributed by atoms with van der Waals surface area (Å²) in [5.41, 5.74) is 0. The number of nitrogens with one attached hydrogen (secondary N) is 2. The molecule has 0 aromatic carbocycles. The molecule has 0 spiro atoms. The van der Waals surface area contributed by atoms with Crippen LogP contribution in [0.4, 0.5) is 0 Å². The smallest absolute Gasteiger partial charge is 0.220 e. The molecule has 0 aliphatic rings. The van der Waals surface area contributed by atoms with E-state index in [0.717, 1.165) is 19.3 Å². The van der Waals surface area contributed by atoms with Gasteiger partial charge in [0.1, 0.15) is 0 Å². The molecule has 1 atom stereocenters. The highest BCUT2D eigenvalue weighted by Crippen LogP contribution is 1.99. The highest BCUT2D eigenvalue weighted by atomic mass is 16.3. The number of carbonyl (C=O) groups excluding carboxylic acids is 2. The number of amides is 2. The lowest BCUT2D eigenvalue weighted by atomic mass is 10.1. The Bertz CT molecular complexity index is 232. The molecule has 100 valence electrons. The van der Waals surface area contributed by atoms with Crippen LogP contribution in [0.2, 0.25) is 0 Å². The Morgan fingerprint density at radius 2 is 1.88 bits per heavy atom. The summed E-state index contributed by atoms with van der Waals surface area (Å²) in [6.07, 6.45) is 3.18. The summed E-state index contributed by atoms with van der Waals surface area (Å²) in [4.78, 5) is 21.9. The maximum atomic E-state index is 11.3. The van der Waals surface area contributed by atoms with E-state index in [1.165, 1.54) is 6.92 Å². The number of rotatable bonds is 9. The van der Waals surface area contributed by atoms with Crippen molar-refractivity contribution in [1.29, 1.82) is 0 Å². The summed E-state index contributed by atoms with van der Waals surface area (Å²) in [7, 11) is 0. The lowest BCUT2D eigenvalue weighted by Crippen LogP contribution is -2.29. The molecule has 0 aliphatic heterocycles. The van der Waals surface area contributed by atoms with Crippen molar-refractivity contribution >= 4 is 11.8 Å². The minimum Gasteiger partial charge on any atom is -0.396 e. The van der Waals surface area contributed by atoms with Gasteiger partial charge >= 0.3 is 0 Å². The molecular formula is C12H24N2O3. The Morgan fingerprint density at radius 3 is 2.47 bits per heavy atom. The van der Waals surface area contributed by atoms with E-state index in [0.29, 0.717) is 19.5 Å². The maximum absolute atomic E-state index is 11.3. The van der Waals surface area contributed by atoms with Crippen molar-refractivity contribution in [1.82, 2.24) is 10.6 Å². The van der Waals surface area contributed by atoms with Crippen LogP contribution < -0.4 is 10.6 Å². The van der Waals surface area contributed by atoms with E-state index in [-0.39, 0.29) is 24.3 Å². The Hall–Kier alpha value is -1.10. The van der Waals surface area contributed by atoms with Gasteiger partial charge < -0.3 is 15.7 Å². The predicted octanol–water partition coefficient (Wildman–Crippen LogP) is 0.428. The molecule has 5 nitrogen and oxygen atoms in total. The summed E-state index contributed by atoms with van der Waals surface area (Å²) in [6, 6.07) is 0. The summed E-state index contributed by atoms with van der Waals surface area (Å²) in [5.74, 6) is 0.129. The van der Waals surface area contributed by atoms with E-state index in [9.17, 15) is 9.59 Å². The van der Waals surface area contributed by atoms with E-state index in [1.807, 2.05) is 6.92 Å². The first-order valence-electron chi connectivity index (χ1n) is 6.18. The molecule has 0 bridgehead atoms. The quantitative estimate of drug-likeness (QED) is 0.515. The van der Waals surface area contributed by atoms with Crippen LogP contribution in [-0.2, 0) is 9.59 Å².